The van der Waals surface area contributed by atoms with E-state index in [1.54, 1.807) is 18.2 Å². The fourth-order valence-electron chi connectivity index (χ4n) is 3.51. The highest BCUT2D eigenvalue weighted by Crippen LogP contribution is 2.30. The zero-order valence-electron chi connectivity index (χ0n) is 14.3. The van der Waals surface area contributed by atoms with Crippen LogP contribution in [0.3, 0.4) is 0 Å². The molecular formula is C19H20N2O4S. The van der Waals surface area contributed by atoms with Crippen LogP contribution >= 0.6 is 0 Å². The number of hydrogen-bond acceptors (Lipinski definition) is 5. The lowest BCUT2D eigenvalue weighted by Gasteiger charge is -2.31. The summed E-state index contributed by atoms with van der Waals surface area (Å²) < 4.78 is 31.8. The zero-order valence-corrected chi connectivity index (χ0v) is 15.1. The van der Waals surface area contributed by atoms with Gasteiger partial charge in [-0.1, -0.05) is 30.3 Å². The average Bonchev–Trinajstić information content (AvgIpc) is 2.87. The topological polar surface area (TPSA) is 66.9 Å². The molecule has 0 bridgehead atoms. The monoisotopic (exact) mass is 372 g/mol. The first kappa shape index (κ1) is 17.1. The Morgan fingerprint density at radius 1 is 0.962 bits per heavy atom. The molecule has 1 fully saturated rings. The van der Waals surface area contributed by atoms with Gasteiger partial charge in [0.2, 0.25) is 0 Å². The van der Waals surface area contributed by atoms with Gasteiger partial charge < -0.3 is 9.64 Å². The first-order valence-electron chi connectivity index (χ1n) is 8.66. The highest BCUT2D eigenvalue weighted by atomic mass is 32.2. The fraction of sp³-hybridized carbons (Fsp3) is 0.316. The van der Waals surface area contributed by atoms with Crippen molar-refractivity contribution in [1.82, 2.24) is 4.31 Å². The van der Waals surface area contributed by atoms with Gasteiger partial charge in [-0.05, 0) is 30.2 Å². The third-order valence-corrected chi connectivity index (χ3v) is 6.68. The average molecular weight is 372 g/mol. The van der Waals surface area contributed by atoms with Crippen molar-refractivity contribution in [2.75, 3.05) is 37.7 Å². The summed E-state index contributed by atoms with van der Waals surface area (Å²) in [5.41, 5.74) is 2.37. The molecule has 1 saturated heterocycles. The highest BCUT2D eigenvalue weighted by Gasteiger charge is 2.40. The fourth-order valence-corrected chi connectivity index (χ4v) is 5.08. The minimum atomic E-state index is -3.75. The molecule has 2 aliphatic heterocycles. The van der Waals surface area contributed by atoms with Crippen LogP contribution in [-0.4, -0.2) is 51.5 Å². The number of morpholine rings is 1. The molecule has 0 saturated carbocycles. The molecule has 0 aromatic heterocycles. The molecular weight excluding hydrogens is 352 g/mol. The van der Waals surface area contributed by atoms with Crippen LogP contribution in [0.1, 0.15) is 15.9 Å². The number of carbonyl (C=O) groups excluding carboxylic acids is 1. The van der Waals surface area contributed by atoms with Gasteiger partial charge in [-0.3, -0.25) is 4.79 Å². The van der Waals surface area contributed by atoms with Crippen molar-refractivity contribution in [2.24, 2.45) is 0 Å². The van der Waals surface area contributed by atoms with Crippen molar-refractivity contribution < 1.29 is 17.9 Å². The summed E-state index contributed by atoms with van der Waals surface area (Å²) in [4.78, 5) is 14.9. The second kappa shape index (κ2) is 6.74. The maximum absolute atomic E-state index is 12.7. The van der Waals surface area contributed by atoms with Gasteiger partial charge in [0.05, 0.1) is 18.8 Å². The highest BCUT2D eigenvalue weighted by molar-refractivity contribution is 7.90. The molecule has 2 aromatic rings. The predicted octanol–water partition coefficient (Wildman–Crippen LogP) is 1.91. The van der Waals surface area contributed by atoms with Crippen LogP contribution in [0.4, 0.5) is 5.69 Å². The van der Waals surface area contributed by atoms with Gasteiger partial charge in [0.25, 0.3) is 15.9 Å². The van der Waals surface area contributed by atoms with Gasteiger partial charge >= 0.3 is 0 Å². The van der Waals surface area contributed by atoms with Crippen molar-refractivity contribution in [2.45, 2.75) is 11.3 Å². The van der Waals surface area contributed by atoms with Crippen molar-refractivity contribution >= 4 is 21.6 Å². The van der Waals surface area contributed by atoms with E-state index in [2.05, 4.69) is 4.90 Å². The molecule has 0 aliphatic carbocycles. The molecule has 0 spiro atoms. The van der Waals surface area contributed by atoms with E-state index in [9.17, 15) is 13.2 Å². The van der Waals surface area contributed by atoms with E-state index >= 15 is 0 Å². The van der Waals surface area contributed by atoms with E-state index in [0.29, 0.717) is 19.6 Å². The number of amides is 1. The third-order valence-electron chi connectivity index (χ3n) is 4.84. The van der Waals surface area contributed by atoms with E-state index < -0.39 is 15.9 Å². The van der Waals surface area contributed by atoms with Gasteiger partial charge in [-0.25, -0.2) is 12.7 Å². The van der Waals surface area contributed by atoms with E-state index in [1.807, 2.05) is 24.3 Å². The van der Waals surface area contributed by atoms with Gasteiger partial charge in [0.15, 0.2) is 0 Å². The summed E-state index contributed by atoms with van der Waals surface area (Å²) in [7, 11) is -3.75. The lowest BCUT2D eigenvalue weighted by molar-refractivity contribution is 0.0872. The number of ether oxygens (including phenoxy) is 1. The van der Waals surface area contributed by atoms with E-state index in [4.69, 9.17) is 4.74 Å². The summed E-state index contributed by atoms with van der Waals surface area (Å²) >= 11 is 0. The largest absolute Gasteiger partial charge is 0.378 e. The van der Waals surface area contributed by atoms with Crippen LogP contribution in [-0.2, 0) is 21.2 Å². The number of sulfonamides is 1. The van der Waals surface area contributed by atoms with Crippen molar-refractivity contribution in [3.8, 4) is 0 Å². The van der Waals surface area contributed by atoms with Crippen molar-refractivity contribution in [3.63, 3.8) is 0 Å². The zero-order chi connectivity index (χ0) is 18.1. The molecule has 6 nitrogen and oxygen atoms in total. The van der Waals surface area contributed by atoms with Gasteiger partial charge in [-0.2, -0.15) is 0 Å². The Morgan fingerprint density at radius 3 is 2.42 bits per heavy atom. The Morgan fingerprint density at radius 2 is 1.65 bits per heavy atom. The first-order chi connectivity index (χ1) is 12.6. The van der Waals surface area contributed by atoms with Gasteiger partial charge in [0.1, 0.15) is 4.90 Å². The Bertz CT molecular complexity index is 936. The summed E-state index contributed by atoms with van der Waals surface area (Å²) in [6, 6.07) is 14.3. The smallest absolute Gasteiger partial charge is 0.269 e. The Hall–Kier alpha value is -2.38. The minimum absolute atomic E-state index is 0.103. The first-order valence-corrected chi connectivity index (χ1v) is 10.1. The molecule has 2 heterocycles. The van der Waals surface area contributed by atoms with Crippen LogP contribution in [0.5, 0.6) is 0 Å². The Kier molecular flexibility index (Phi) is 4.42. The summed E-state index contributed by atoms with van der Waals surface area (Å²) in [5, 5.41) is 0. The van der Waals surface area contributed by atoms with Gasteiger partial charge in [-0.15, -0.1) is 0 Å². The quantitative estimate of drug-likeness (QED) is 0.820. The maximum atomic E-state index is 12.7. The summed E-state index contributed by atoms with van der Waals surface area (Å²) in [5.74, 6) is -0.440. The Labute approximate surface area is 153 Å². The molecule has 2 aliphatic rings. The molecule has 7 heteroatoms. The van der Waals surface area contributed by atoms with Crippen LogP contribution in [0.15, 0.2) is 53.4 Å². The number of hydrogen-bond donors (Lipinski definition) is 0. The number of anilines is 1. The molecule has 0 unspecified atom stereocenters. The SMILES string of the molecule is O=C1c2ccccc2S(=O)(=O)N1CCc1ccccc1N1CCOCC1. The summed E-state index contributed by atoms with van der Waals surface area (Å²) in [6.07, 6.45) is 0.479. The number of benzene rings is 2. The lowest BCUT2D eigenvalue weighted by Crippen LogP contribution is -2.37. The third kappa shape index (κ3) is 2.87. The molecule has 0 radical (unpaired) electrons. The van der Waals surface area contributed by atoms with Crippen LogP contribution in [0, 0.1) is 0 Å². The number of rotatable bonds is 4. The molecule has 26 heavy (non-hydrogen) atoms. The van der Waals surface area contributed by atoms with E-state index in [-0.39, 0.29) is 17.0 Å². The lowest BCUT2D eigenvalue weighted by atomic mass is 10.1. The number of fused-ring (bicyclic) bond motifs is 1. The van der Waals surface area contributed by atoms with Crippen molar-refractivity contribution in [3.05, 3.63) is 59.7 Å². The van der Waals surface area contributed by atoms with E-state index in [0.717, 1.165) is 28.6 Å². The summed E-state index contributed by atoms with van der Waals surface area (Å²) in [6.45, 7) is 3.12. The molecule has 4 rings (SSSR count). The molecule has 2 aromatic carbocycles. The minimum Gasteiger partial charge on any atom is -0.378 e. The van der Waals surface area contributed by atoms with E-state index in [1.165, 1.54) is 6.07 Å². The molecule has 0 atom stereocenters. The van der Waals surface area contributed by atoms with Crippen molar-refractivity contribution in [1.29, 1.82) is 0 Å². The second-order valence-electron chi connectivity index (χ2n) is 6.36. The van der Waals surface area contributed by atoms with Crippen LogP contribution in [0.2, 0.25) is 0 Å². The second-order valence-corrected chi connectivity index (χ2v) is 8.19. The number of carbonyl (C=O) groups is 1. The van der Waals surface area contributed by atoms with Crippen LogP contribution < -0.4 is 4.90 Å². The predicted molar refractivity (Wildman–Crippen MR) is 97.8 cm³/mol. The molecule has 1 amide bonds. The van der Waals surface area contributed by atoms with Gasteiger partial charge in [0, 0.05) is 25.3 Å². The normalized spacial score (nSPS) is 18.8. The standard InChI is InChI=1S/C19H20N2O4S/c22-19-16-6-2-4-8-18(16)26(23,24)21(19)10-9-15-5-1-3-7-17(15)20-11-13-25-14-12-20/h1-8H,9-14H2. The maximum Gasteiger partial charge on any atom is 0.269 e. The molecule has 136 valence electrons. The Balaban J connectivity index is 1.56. The molecule has 0 N–H and O–H groups in total. The number of nitrogens with zero attached hydrogens (tertiary/aromatic N) is 2. The number of para-hydroxylation sites is 1. The van der Waals surface area contributed by atoms with Crippen LogP contribution in [0.25, 0.3) is 0 Å².